The van der Waals surface area contributed by atoms with E-state index in [1.807, 2.05) is 18.2 Å². The maximum atomic E-state index is 12.9. The van der Waals surface area contributed by atoms with Gasteiger partial charge in [0.15, 0.2) is 0 Å². The first-order valence-electron chi connectivity index (χ1n) is 8.62. The zero-order valence-corrected chi connectivity index (χ0v) is 16.1. The van der Waals surface area contributed by atoms with E-state index in [0.717, 1.165) is 16.7 Å². The van der Waals surface area contributed by atoms with E-state index < -0.39 is 10.0 Å². The van der Waals surface area contributed by atoms with E-state index in [1.54, 1.807) is 24.4 Å². The van der Waals surface area contributed by atoms with Crippen molar-refractivity contribution in [3.63, 3.8) is 0 Å². The molecule has 138 valence electrons. The fraction of sp³-hybridized carbons (Fsp3) is 0.350. The molecule has 0 saturated carbocycles. The standard InChI is InChI=1S/C20H24N2O3S/c1-20(2,3)17-4-6-19(7-5-17)26(24,25)22-10-8-15(9-11-22)16-12-18(23)14-21-13-16/h4-8,12-14,23H,9-11H2,1-3H3. The molecule has 0 amide bonds. The molecule has 1 aliphatic heterocycles. The lowest BCUT2D eigenvalue weighted by molar-refractivity contribution is 0.440. The van der Waals surface area contributed by atoms with Crippen LogP contribution in [0.25, 0.3) is 5.57 Å². The molecule has 2 heterocycles. The minimum absolute atomic E-state index is 0.0136. The molecule has 0 radical (unpaired) electrons. The Morgan fingerprint density at radius 3 is 2.35 bits per heavy atom. The normalized spacial score (nSPS) is 16.3. The van der Waals surface area contributed by atoms with Crippen LogP contribution in [0.3, 0.4) is 0 Å². The largest absolute Gasteiger partial charge is 0.506 e. The maximum Gasteiger partial charge on any atom is 0.243 e. The van der Waals surface area contributed by atoms with Crippen molar-refractivity contribution in [3.8, 4) is 5.75 Å². The molecule has 0 fully saturated rings. The van der Waals surface area contributed by atoms with E-state index in [1.165, 1.54) is 10.5 Å². The summed E-state index contributed by atoms with van der Waals surface area (Å²) in [6.45, 7) is 7.02. The van der Waals surface area contributed by atoms with Crippen LogP contribution in [-0.2, 0) is 15.4 Å². The van der Waals surface area contributed by atoms with E-state index in [0.29, 0.717) is 24.4 Å². The van der Waals surface area contributed by atoms with Gasteiger partial charge in [0.2, 0.25) is 10.0 Å². The Bertz CT molecular complexity index is 926. The molecule has 0 saturated heterocycles. The van der Waals surface area contributed by atoms with Gasteiger partial charge in [0.25, 0.3) is 0 Å². The van der Waals surface area contributed by atoms with Crippen LogP contribution in [0.15, 0.2) is 53.7 Å². The number of rotatable bonds is 3. The Kier molecular flexibility index (Phi) is 4.90. The second kappa shape index (κ2) is 6.85. The second-order valence-corrected chi connectivity index (χ2v) is 9.49. The van der Waals surface area contributed by atoms with Gasteiger partial charge < -0.3 is 5.11 Å². The van der Waals surface area contributed by atoms with Gasteiger partial charge in [0, 0.05) is 19.3 Å². The molecule has 1 N–H and O–H groups in total. The average molecular weight is 372 g/mol. The summed E-state index contributed by atoms with van der Waals surface area (Å²) in [5.41, 5.74) is 2.92. The van der Waals surface area contributed by atoms with Gasteiger partial charge in [-0.3, -0.25) is 4.98 Å². The van der Waals surface area contributed by atoms with Crippen LogP contribution in [-0.4, -0.2) is 35.9 Å². The summed E-state index contributed by atoms with van der Waals surface area (Å²) in [6, 6.07) is 8.80. The molecule has 6 heteroatoms. The highest BCUT2D eigenvalue weighted by Gasteiger charge is 2.27. The van der Waals surface area contributed by atoms with Crippen molar-refractivity contribution >= 4 is 15.6 Å². The first kappa shape index (κ1) is 18.6. The van der Waals surface area contributed by atoms with E-state index in [-0.39, 0.29) is 11.2 Å². The van der Waals surface area contributed by atoms with Gasteiger partial charge in [0.05, 0.1) is 11.1 Å². The Morgan fingerprint density at radius 1 is 1.12 bits per heavy atom. The lowest BCUT2D eigenvalue weighted by Crippen LogP contribution is -2.34. The fourth-order valence-corrected chi connectivity index (χ4v) is 4.39. The summed E-state index contributed by atoms with van der Waals surface area (Å²) in [5, 5.41) is 9.56. The van der Waals surface area contributed by atoms with Crippen LogP contribution in [0.5, 0.6) is 5.75 Å². The molecule has 1 aliphatic rings. The molecular formula is C20H24N2O3S. The first-order chi connectivity index (χ1) is 12.2. The van der Waals surface area contributed by atoms with Crippen LogP contribution in [0.2, 0.25) is 0 Å². The predicted molar refractivity (Wildman–Crippen MR) is 102 cm³/mol. The molecule has 5 nitrogen and oxygen atoms in total. The van der Waals surface area contributed by atoms with E-state index in [2.05, 4.69) is 25.8 Å². The first-order valence-corrected chi connectivity index (χ1v) is 10.1. The van der Waals surface area contributed by atoms with Crippen LogP contribution in [0, 0.1) is 0 Å². The highest BCUT2D eigenvalue weighted by molar-refractivity contribution is 7.89. The Labute approximate surface area is 155 Å². The summed E-state index contributed by atoms with van der Waals surface area (Å²) in [7, 11) is -3.51. The van der Waals surface area contributed by atoms with E-state index in [9.17, 15) is 13.5 Å². The smallest absolute Gasteiger partial charge is 0.243 e. The lowest BCUT2D eigenvalue weighted by atomic mass is 9.87. The van der Waals surface area contributed by atoms with Crippen molar-refractivity contribution in [1.82, 2.24) is 9.29 Å². The third-order valence-electron chi connectivity index (χ3n) is 4.62. The van der Waals surface area contributed by atoms with Gasteiger partial charge in [-0.2, -0.15) is 4.31 Å². The van der Waals surface area contributed by atoms with Crippen molar-refractivity contribution in [2.24, 2.45) is 0 Å². The topological polar surface area (TPSA) is 70.5 Å². The molecule has 0 spiro atoms. The van der Waals surface area contributed by atoms with Crippen LogP contribution >= 0.6 is 0 Å². The number of aromatic hydroxyl groups is 1. The Morgan fingerprint density at radius 2 is 1.81 bits per heavy atom. The number of aromatic nitrogens is 1. The third kappa shape index (κ3) is 3.81. The zero-order chi connectivity index (χ0) is 18.9. The van der Waals surface area contributed by atoms with Crippen LogP contribution in [0.4, 0.5) is 0 Å². The van der Waals surface area contributed by atoms with Gasteiger partial charge in [-0.1, -0.05) is 39.0 Å². The Balaban J connectivity index is 1.79. The highest BCUT2D eigenvalue weighted by Crippen LogP contribution is 2.28. The van der Waals surface area contributed by atoms with Gasteiger partial charge in [-0.15, -0.1) is 0 Å². The second-order valence-electron chi connectivity index (χ2n) is 7.55. The number of nitrogens with zero attached hydrogens (tertiary/aromatic N) is 2. The molecule has 0 unspecified atom stereocenters. The monoisotopic (exact) mass is 372 g/mol. The molecule has 0 bridgehead atoms. The molecule has 2 aromatic rings. The molecule has 3 rings (SSSR count). The van der Waals surface area contributed by atoms with E-state index >= 15 is 0 Å². The summed E-state index contributed by atoms with van der Waals surface area (Å²) >= 11 is 0. The molecular weight excluding hydrogens is 348 g/mol. The average Bonchev–Trinajstić information content (AvgIpc) is 2.61. The van der Waals surface area contributed by atoms with E-state index in [4.69, 9.17) is 0 Å². The predicted octanol–water partition coefficient (Wildman–Crippen LogP) is 3.56. The number of hydrogen-bond donors (Lipinski definition) is 1. The van der Waals surface area contributed by atoms with Crippen LogP contribution < -0.4 is 0 Å². The minimum atomic E-state index is -3.51. The fourth-order valence-electron chi connectivity index (χ4n) is 3.01. The quantitative estimate of drug-likeness (QED) is 0.894. The molecule has 0 aliphatic carbocycles. The molecule has 0 atom stereocenters. The van der Waals surface area contributed by atoms with Gasteiger partial charge in [-0.05, 0) is 46.7 Å². The highest BCUT2D eigenvalue weighted by atomic mass is 32.2. The molecule has 1 aromatic carbocycles. The number of benzene rings is 1. The zero-order valence-electron chi connectivity index (χ0n) is 15.3. The summed E-state index contributed by atoms with van der Waals surface area (Å²) < 4.78 is 27.3. The van der Waals surface area contributed by atoms with Gasteiger partial charge >= 0.3 is 0 Å². The van der Waals surface area contributed by atoms with Crippen LogP contribution in [0.1, 0.15) is 38.3 Å². The lowest BCUT2D eigenvalue weighted by Gasteiger charge is -2.26. The van der Waals surface area contributed by atoms with Gasteiger partial charge in [-0.25, -0.2) is 8.42 Å². The van der Waals surface area contributed by atoms with Crippen molar-refractivity contribution in [3.05, 3.63) is 59.9 Å². The van der Waals surface area contributed by atoms with Crippen molar-refractivity contribution < 1.29 is 13.5 Å². The third-order valence-corrected chi connectivity index (χ3v) is 6.50. The van der Waals surface area contributed by atoms with Crippen molar-refractivity contribution in [1.29, 1.82) is 0 Å². The van der Waals surface area contributed by atoms with Crippen molar-refractivity contribution in [2.75, 3.05) is 13.1 Å². The molecule has 26 heavy (non-hydrogen) atoms. The summed E-state index contributed by atoms with van der Waals surface area (Å²) in [5.74, 6) is 0.109. The maximum absolute atomic E-state index is 12.9. The van der Waals surface area contributed by atoms with Crippen molar-refractivity contribution in [2.45, 2.75) is 37.5 Å². The molecule has 1 aromatic heterocycles. The van der Waals surface area contributed by atoms with Gasteiger partial charge in [0.1, 0.15) is 5.75 Å². The summed E-state index contributed by atoms with van der Waals surface area (Å²) in [6.07, 6.45) is 5.54. The minimum Gasteiger partial charge on any atom is -0.506 e. The number of sulfonamides is 1. The SMILES string of the molecule is CC(C)(C)c1ccc(S(=O)(=O)N2CC=C(c3cncc(O)c3)CC2)cc1. The summed E-state index contributed by atoms with van der Waals surface area (Å²) in [4.78, 5) is 4.30. The number of hydrogen-bond acceptors (Lipinski definition) is 4. The Hall–Kier alpha value is -2.18. The number of pyridine rings is 1.